The van der Waals surface area contributed by atoms with Crippen LogP contribution >= 0.6 is 11.8 Å². The van der Waals surface area contributed by atoms with E-state index in [1.165, 1.54) is 11.8 Å². The molecule has 0 unspecified atom stereocenters. The van der Waals surface area contributed by atoms with Crippen LogP contribution in [0.15, 0.2) is 52.4 Å². The van der Waals surface area contributed by atoms with Crippen LogP contribution in [0.1, 0.15) is 31.5 Å². The van der Waals surface area contributed by atoms with Gasteiger partial charge in [-0.15, -0.1) is 0 Å². The van der Waals surface area contributed by atoms with E-state index in [1.807, 2.05) is 48.9 Å². The number of thioether (sulfide) groups is 1. The normalized spacial score (nSPS) is 11.5. The summed E-state index contributed by atoms with van der Waals surface area (Å²) in [6, 6.07) is 9.91. The maximum atomic E-state index is 5.29. The second kappa shape index (κ2) is 6.64. The molecule has 7 nitrogen and oxygen atoms in total. The van der Waals surface area contributed by atoms with Crippen molar-refractivity contribution in [2.45, 2.75) is 30.5 Å². The zero-order valence-electron chi connectivity index (χ0n) is 13.8. The lowest BCUT2D eigenvalue weighted by molar-refractivity contribution is 0.383. The Labute approximate surface area is 148 Å². The molecule has 0 aliphatic heterocycles. The number of hydrogen-bond acceptors (Lipinski definition) is 7. The Morgan fingerprint density at radius 3 is 2.76 bits per heavy atom. The summed E-state index contributed by atoms with van der Waals surface area (Å²) in [7, 11) is 0. The minimum atomic E-state index is 0.248. The second-order valence-corrected chi connectivity index (χ2v) is 6.76. The SMILES string of the molecule is CC(C)c1noc(CSc2ncnc3c2cnn3-c2ccccc2)n1. The van der Waals surface area contributed by atoms with Gasteiger partial charge in [0.05, 0.1) is 23.0 Å². The molecule has 1 aromatic carbocycles. The van der Waals surface area contributed by atoms with Gasteiger partial charge in [-0.2, -0.15) is 10.1 Å². The Morgan fingerprint density at radius 2 is 2.00 bits per heavy atom. The molecule has 0 radical (unpaired) electrons. The van der Waals surface area contributed by atoms with Crippen molar-refractivity contribution in [1.82, 2.24) is 29.9 Å². The predicted octanol–water partition coefficient (Wildman–Crippen LogP) is 3.61. The molecular formula is C17H16N6OS. The van der Waals surface area contributed by atoms with Crippen molar-refractivity contribution in [3.63, 3.8) is 0 Å². The van der Waals surface area contributed by atoms with Crippen LogP contribution in [0, 0.1) is 0 Å². The van der Waals surface area contributed by atoms with Gasteiger partial charge in [-0.3, -0.25) is 0 Å². The number of nitrogens with zero attached hydrogens (tertiary/aromatic N) is 6. The van der Waals surface area contributed by atoms with Crippen molar-refractivity contribution < 1.29 is 4.52 Å². The summed E-state index contributed by atoms with van der Waals surface area (Å²) in [6.07, 6.45) is 3.34. The van der Waals surface area contributed by atoms with Crippen molar-refractivity contribution >= 4 is 22.8 Å². The standard InChI is InChI=1S/C17H16N6OS/c1-11(2)15-21-14(24-22-15)9-25-17-13-8-20-23(16(13)18-10-19-17)12-6-4-3-5-7-12/h3-8,10-11H,9H2,1-2H3. The van der Waals surface area contributed by atoms with E-state index >= 15 is 0 Å². The highest BCUT2D eigenvalue weighted by atomic mass is 32.2. The van der Waals surface area contributed by atoms with Gasteiger partial charge in [0, 0.05) is 5.92 Å². The molecule has 3 heterocycles. The van der Waals surface area contributed by atoms with E-state index < -0.39 is 0 Å². The van der Waals surface area contributed by atoms with Gasteiger partial charge in [-0.05, 0) is 12.1 Å². The number of benzene rings is 1. The van der Waals surface area contributed by atoms with Crippen molar-refractivity contribution in [3.05, 3.63) is 54.6 Å². The van der Waals surface area contributed by atoms with Crippen molar-refractivity contribution in [2.24, 2.45) is 0 Å². The molecule has 0 saturated heterocycles. The first-order valence-corrected chi connectivity index (χ1v) is 8.90. The summed E-state index contributed by atoms with van der Waals surface area (Å²) in [5.74, 6) is 2.12. The van der Waals surface area contributed by atoms with Gasteiger partial charge in [0.25, 0.3) is 0 Å². The molecule has 3 aromatic heterocycles. The summed E-state index contributed by atoms with van der Waals surface area (Å²) in [4.78, 5) is 13.2. The Balaban J connectivity index is 1.61. The summed E-state index contributed by atoms with van der Waals surface area (Å²) in [6.45, 7) is 4.07. The van der Waals surface area contributed by atoms with Crippen LogP contribution in [0.4, 0.5) is 0 Å². The first-order chi connectivity index (χ1) is 12.2. The highest BCUT2D eigenvalue weighted by Gasteiger charge is 2.14. The van der Waals surface area contributed by atoms with E-state index in [9.17, 15) is 0 Å². The van der Waals surface area contributed by atoms with Crippen molar-refractivity contribution in [3.8, 4) is 5.69 Å². The van der Waals surface area contributed by atoms with Crippen LogP contribution in [0.3, 0.4) is 0 Å². The molecule has 126 valence electrons. The average Bonchev–Trinajstić information content (AvgIpc) is 3.28. The summed E-state index contributed by atoms with van der Waals surface area (Å²) in [5, 5.41) is 10.2. The monoisotopic (exact) mass is 352 g/mol. The Hall–Kier alpha value is -2.74. The van der Waals surface area contributed by atoms with Gasteiger partial charge in [0.15, 0.2) is 11.5 Å². The molecule has 0 aliphatic carbocycles. The largest absolute Gasteiger partial charge is 0.338 e. The third-order valence-corrected chi connectivity index (χ3v) is 4.65. The van der Waals surface area contributed by atoms with Crippen LogP contribution in [-0.2, 0) is 5.75 Å². The van der Waals surface area contributed by atoms with E-state index in [0.717, 1.165) is 27.6 Å². The highest BCUT2D eigenvalue weighted by molar-refractivity contribution is 7.98. The quantitative estimate of drug-likeness (QED) is 0.401. The van der Waals surface area contributed by atoms with E-state index in [0.29, 0.717) is 11.6 Å². The molecule has 8 heteroatoms. The number of rotatable bonds is 5. The molecule has 0 saturated carbocycles. The third kappa shape index (κ3) is 3.12. The lowest BCUT2D eigenvalue weighted by Gasteiger charge is -2.03. The molecule has 25 heavy (non-hydrogen) atoms. The number of para-hydroxylation sites is 1. The number of fused-ring (bicyclic) bond motifs is 1. The summed E-state index contributed by atoms with van der Waals surface area (Å²) < 4.78 is 7.10. The smallest absolute Gasteiger partial charge is 0.237 e. The Morgan fingerprint density at radius 1 is 1.16 bits per heavy atom. The van der Waals surface area contributed by atoms with Gasteiger partial charge in [0.1, 0.15) is 11.4 Å². The van der Waals surface area contributed by atoms with Crippen LogP contribution in [0.5, 0.6) is 0 Å². The predicted molar refractivity (Wildman–Crippen MR) is 94.6 cm³/mol. The molecule has 4 rings (SSSR count). The van der Waals surface area contributed by atoms with Gasteiger partial charge in [0.2, 0.25) is 5.89 Å². The second-order valence-electron chi connectivity index (χ2n) is 5.80. The van der Waals surface area contributed by atoms with Crippen LogP contribution in [0.2, 0.25) is 0 Å². The average molecular weight is 352 g/mol. The third-order valence-electron chi connectivity index (χ3n) is 3.66. The van der Waals surface area contributed by atoms with E-state index in [1.54, 1.807) is 12.5 Å². The van der Waals surface area contributed by atoms with Crippen LogP contribution in [-0.4, -0.2) is 29.9 Å². The van der Waals surface area contributed by atoms with E-state index in [4.69, 9.17) is 4.52 Å². The molecule has 4 aromatic rings. The molecule has 0 atom stereocenters. The number of hydrogen-bond donors (Lipinski definition) is 0. The van der Waals surface area contributed by atoms with Gasteiger partial charge in [-0.1, -0.05) is 49.0 Å². The maximum absolute atomic E-state index is 5.29. The van der Waals surface area contributed by atoms with Gasteiger partial charge in [-0.25, -0.2) is 14.6 Å². The van der Waals surface area contributed by atoms with Gasteiger partial charge < -0.3 is 4.52 Å². The molecule has 0 aliphatic rings. The summed E-state index contributed by atoms with van der Waals surface area (Å²) >= 11 is 1.54. The molecular weight excluding hydrogens is 336 g/mol. The lowest BCUT2D eigenvalue weighted by Crippen LogP contribution is -1.97. The fourth-order valence-electron chi connectivity index (χ4n) is 2.39. The molecule has 0 N–H and O–H groups in total. The van der Waals surface area contributed by atoms with E-state index in [-0.39, 0.29) is 5.92 Å². The molecule has 0 spiro atoms. The topological polar surface area (TPSA) is 82.5 Å². The first kappa shape index (κ1) is 15.8. The van der Waals surface area contributed by atoms with Crippen LogP contribution in [0.25, 0.3) is 16.7 Å². The number of aromatic nitrogens is 6. The fraction of sp³-hybridized carbons (Fsp3) is 0.235. The first-order valence-electron chi connectivity index (χ1n) is 7.92. The molecule has 0 fully saturated rings. The van der Waals surface area contributed by atoms with Crippen molar-refractivity contribution in [1.29, 1.82) is 0 Å². The Kier molecular flexibility index (Phi) is 4.19. The highest BCUT2D eigenvalue weighted by Crippen LogP contribution is 2.28. The minimum Gasteiger partial charge on any atom is -0.338 e. The zero-order valence-corrected chi connectivity index (χ0v) is 14.6. The zero-order chi connectivity index (χ0) is 17.2. The molecule has 0 bridgehead atoms. The summed E-state index contributed by atoms with van der Waals surface area (Å²) in [5.41, 5.74) is 1.74. The minimum absolute atomic E-state index is 0.248. The maximum Gasteiger partial charge on any atom is 0.237 e. The van der Waals surface area contributed by atoms with E-state index in [2.05, 4.69) is 25.2 Å². The van der Waals surface area contributed by atoms with Gasteiger partial charge >= 0.3 is 0 Å². The molecule has 0 amide bonds. The lowest BCUT2D eigenvalue weighted by atomic mass is 10.2. The fourth-order valence-corrected chi connectivity index (χ4v) is 3.19. The van der Waals surface area contributed by atoms with Crippen molar-refractivity contribution in [2.75, 3.05) is 0 Å². The Bertz CT molecular complexity index is 995. The van der Waals surface area contributed by atoms with Crippen LogP contribution < -0.4 is 0 Å².